The third kappa shape index (κ3) is 4.25. The van der Waals surface area contributed by atoms with Crippen LogP contribution in [0.15, 0.2) is 18.2 Å². The SMILES string of the molecule is COC(=O)c1ccc2c(c1)CCCC2N[C@H]1CC[C@H](C(C)(C)C)CC1. The lowest BCUT2D eigenvalue weighted by Gasteiger charge is -2.39. The number of benzene rings is 1. The number of ether oxygens (including phenoxy) is 1. The predicted octanol–water partition coefficient (Wildman–Crippen LogP) is 5.05. The van der Waals surface area contributed by atoms with Crippen molar-refractivity contribution in [3.8, 4) is 0 Å². The molecule has 3 heteroatoms. The van der Waals surface area contributed by atoms with E-state index in [1.807, 2.05) is 12.1 Å². The Morgan fingerprint density at radius 3 is 2.48 bits per heavy atom. The molecule has 2 aliphatic rings. The molecule has 0 amide bonds. The van der Waals surface area contributed by atoms with Crippen LogP contribution >= 0.6 is 0 Å². The fourth-order valence-corrected chi connectivity index (χ4v) is 4.64. The lowest BCUT2D eigenvalue weighted by Crippen LogP contribution is -2.39. The van der Waals surface area contributed by atoms with Gasteiger partial charge in [-0.3, -0.25) is 0 Å². The maximum atomic E-state index is 11.8. The van der Waals surface area contributed by atoms with Gasteiger partial charge in [0.1, 0.15) is 0 Å². The van der Waals surface area contributed by atoms with Crippen molar-refractivity contribution in [3.05, 3.63) is 34.9 Å². The molecule has 0 heterocycles. The summed E-state index contributed by atoms with van der Waals surface area (Å²) in [6, 6.07) is 7.16. The van der Waals surface area contributed by atoms with Crippen molar-refractivity contribution >= 4 is 5.97 Å². The molecule has 138 valence electrons. The van der Waals surface area contributed by atoms with E-state index in [2.05, 4.69) is 32.2 Å². The maximum Gasteiger partial charge on any atom is 0.337 e. The molecule has 1 unspecified atom stereocenters. The van der Waals surface area contributed by atoms with Gasteiger partial charge in [-0.05, 0) is 79.5 Å². The Balaban J connectivity index is 1.65. The number of esters is 1. The molecule has 1 aromatic rings. The molecule has 3 rings (SSSR count). The van der Waals surface area contributed by atoms with Gasteiger partial charge in [-0.1, -0.05) is 26.8 Å². The van der Waals surface area contributed by atoms with Crippen LogP contribution in [-0.4, -0.2) is 19.1 Å². The summed E-state index contributed by atoms with van der Waals surface area (Å²) >= 11 is 0. The smallest absolute Gasteiger partial charge is 0.337 e. The molecule has 1 atom stereocenters. The summed E-state index contributed by atoms with van der Waals surface area (Å²) in [7, 11) is 1.44. The first kappa shape index (κ1) is 18.4. The zero-order valence-electron chi connectivity index (χ0n) is 16.2. The minimum Gasteiger partial charge on any atom is -0.465 e. The lowest BCUT2D eigenvalue weighted by atomic mass is 9.71. The summed E-state index contributed by atoms with van der Waals surface area (Å²) in [4.78, 5) is 11.8. The van der Waals surface area contributed by atoms with Crippen molar-refractivity contribution in [1.82, 2.24) is 5.32 Å². The Morgan fingerprint density at radius 2 is 1.84 bits per heavy atom. The first-order valence-electron chi connectivity index (χ1n) is 9.85. The monoisotopic (exact) mass is 343 g/mol. The molecule has 1 fully saturated rings. The number of rotatable bonds is 3. The lowest BCUT2D eigenvalue weighted by molar-refractivity contribution is 0.0600. The molecular weight excluding hydrogens is 310 g/mol. The van der Waals surface area contributed by atoms with Gasteiger partial charge in [0.15, 0.2) is 0 Å². The van der Waals surface area contributed by atoms with Crippen LogP contribution in [0.1, 0.15) is 86.8 Å². The van der Waals surface area contributed by atoms with E-state index in [0.717, 1.165) is 12.3 Å². The van der Waals surface area contributed by atoms with Crippen LogP contribution in [0.5, 0.6) is 0 Å². The van der Waals surface area contributed by atoms with Gasteiger partial charge >= 0.3 is 5.97 Å². The third-order valence-electron chi connectivity index (χ3n) is 6.27. The van der Waals surface area contributed by atoms with Gasteiger partial charge in [0.2, 0.25) is 0 Å². The highest BCUT2D eigenvalue weighted by atomic mass is 16.5. The zero-order valence-corrected chi connectivity index (χ0v) is 16.2. The molecule has 25 heavy (non-hydrogen) atoms. The molecule has 0 aliphatic heterocycles. The standard InChI is InChI=1S/C22H33NO2/c1-22(2,3)17-9-11-18(12-10-17)23-20-7-5-6-15-14-16(21(24)25-4)8-13-19(15)20/h8,13-14,17-18,20,23H,5-7,9-12H2,1-4H3/t17-,18-,20?. The van der Waals surface area contributed by atoms with Crippen molar-refractivity contribution in [2.75, 3.05) is 7.11 Å². The summed E-state index contributed by atoms with van der Waals surface area (Å²) in [5.41, 5.74) is 3.81. The molecule has 1 N–H and O–H groups in total. The Labute approximate surface area is 152 Å². The summed E-state index contributed by atoms with van der Waals surface area (Å²) in [5, 5.41) is 3.93. The highest BCUT2D eigenvalue weighted by Crippen LogP contribution is 2.39. The maximum absolute atomic E-state index is 11.8. The predicted molar refractivity (Wildman–Crippen MR) is 102 cm³/mol. The number of hydrogen-bond acceptors (Lipinski definition) is 3. The van der Waals surface area contributed by atoms with Crippen LogP contribution < -0.4 is 5.32 Å². The normalized spacial score (nSPS) is 26.8. The largest absolute Gasteiger partial charge is 0.465 e. The molecule has 2 aliphatic carbocycles. The van der Waals surface area contributed by atoms with E-state index < -0.39 is 0 Å². The molecule has 3 nitrogen and oxygen atoms in total. The van der Waals surface area contributed by atoms with E-state index in [1.165, 1.54) is 56.8 Å². The molecule has 0 aromatic heterocycles. The van der Waals surface area contributed by atoms with Crippen LogP contribution in [0.2, 0.25) is 0 Å². The average molecular weight is 344 g/mol. The Hall–Kier alpha value is -1.35. The van der Waals surface area contributed by atoms with Gasteiger partial charge in [-0.2, -0.15) is 0 Å². The van der Waals surface area contributed by atoms with E-state index in [4.69, 9.17) is 4.74 Å². The van der Waals surface area contributed by atoms with Crippen molar-refractivity contribution in [3.63, 3.8) is 0 Å². The summed E-state index contributed by atoms with van der Waals surface area (Å²) in [6.07, 6.45) is 8.69. The molecule has 0 saturated heterocycles. The number of carbonyl (C=O) groups is 1. The Morgan fingerprint density at radius 1 is 1.12 bits per heavy atom. The number of fused-ring (bicyclic) bond motifs is 1. The third-order valence-corrected chi connectivity index (χ3v) is 6.27. The number of methoxy groups -OCH3 is 1. The minimum absolute atomic E-state index is 0.238. The van der Waals surface area contributed by atoms with Crippen molar-refractivity contribution in [1.29, 1.82) is 0 Å². The number of nitrogens with one attached hydrogen (secondary N) is 1. The second kappa shape index (κ2) is 7.49. The number of hydrogen-bond donors (Lipinski definition) is 1. The first-order valence-corrected chi connectivity index (χ1v) is 9.85. The van der Waals surface area contributed by atoms with E-state index in [1.54, 1.807) is 0 Å². The van der Waals surface area contributed by atoms with Gasteiger partial charge in [-0.25, -0.2) is 4.79 Å². The quantitative estimate of drug-likeness (QED) is 0.781. The number of carbonyl (C=O) groups excluding carboxylic acids is 1. The van der Waals surface area contributed by atoms with Crippen LogP contribution in [0.3, 0.4) is 0 Å². The van der Waals surface area contributed by atoms with Gasteiger partial charge in [-0.15, -0.1) is 0 Å². The van der Waals surface area contributed by atoms with Crippen LogP contribution in [0.25, 0.3) is 0 Å². The van der Waals surface area contributed by atoms with Crippen LogP contribution in [-0.2, 0) is 11.2 Å². The van der Waals surface area contributed by atoms with E-state index in [9.17, 15) is 4.79 Å². The zero-order chi connectivity index (χ0) is 18.0. The average Bonchev–Trinajstić information content (AvgIpc) is 2.60. The van der Waals surface area contributed by atoms with Gasteiger partial charge < -0.3 is 10.1 Å². The molecular formula is C22H33NO2. The highest BCUT2D eigenvalue weighted by Gasteiger charge is 2.31. The Kier molecular flexibility index (Phi) is 5.52. The molecule has 0 bridgehead atoms. The first-order chi connectivity index (χ1) is 11.9. The highest BCUT2D eigenvalue weighted by molar-refractivity contribution is 5.89. The molecule has 0 radical (unpaired) electrons. The van der Waals surface area contributed by atoms with E-state index >= 15 is 0 Å². The molecule has 0 spiro atoms. The van der Waals surface area contributed by atoms with E-state index in [-0.39, 0.29) is 5.97 Å². The van der Waals surface area contributed by atoms with Crippen molar-refractivity contribution < 1.29 is 9.53 Å². The fraction of sp³-hybridized carbons (Fsp3) is 0.682. The molecule has 1 saturated carbocycles. The van der Waals surface area contributed by atoms with Crippen molar-refractivity contribution in [2.45, 2.75) is 77.8 Å². The van der Waals surface area contributed by atoms with Crippen LogP contribution in [0.4, 0.5) is 0 Å². The van der Waals surface area contributed by atoms with Gasteiger partial charge in [0.25, 0.3) is 0 Å². The summed E-state index contributed by atoms with van der Waals surface area (Å²) in [5.74, 6) is 0.616. The van der Waals surface area contributed by atoms with E-state index in [0.29, 0.717) is 23.1 Å². The van der Waals surface area contributed by atoms with Gasteiger partial charge in [0.05, 0.1) is 12.7 Å². The Bertz CT molecular complexity index is 609. The van der Waals surface area contributed by atoms with Crippen molar-refractivity contribution in [2.24, 2.45) is 11.3 Å². The van der Waals surface area contributed by atoms with Crippen LogP contribution in [0, 0.1) is 11.3 Å². The topological polar surface area (TPSA) is 38.3 Å². The molecule has 1 aromatic carbocycles. The number of aryl methyl sites for hydroxylation is 1. The second-order valence-electron chi connectivity index (χ2n) is 8.93. The second-order valence-corrected chi connectivity index (χ2v) is 8.93. The summed E-state index contributed by atoms with van der Waals surface area (Å²) in [6.45, 7) is 7.13. The minimum atomic E-state index is -0.238. The van der Waals surface area contributed by atoms with Gasteiger partial charge in [0, 0.05) is 12.1 Å². The fourth-order valence-electron chi connectivity index (χ4n) is 4.64. The summed E-state index contributed by atoms with van der Waals surface area (Å²) < 4.78 is 4.86.